The van der Waals surface area contributed by atoms with Gasteiger partial charge in [-0.15, -0.1) is 0 Å². The van der Waals surface area contributed by atoms with E-state index in [9.17, 15) is 4.79 Å². The van der Waals surface area contributed by atoms with Crippen LogP contribution >= 0.6 is 11.6 Å². The van der Waals surface area contributed by atoms with Crippen LogP contribution in [0.5, 0.6) is 5.75 Å². The zero-order valence-electron chi connectivity index (χ0n) is 10.8. The molecule has 0 saturated heterocycles. The van der Waals surface area contributed by atoms with Gasteiger partial charge in [-0.3, -0.25) is 9.69 Å². The molecule has 0 unspecified atom stereocenters. The summed E-state index contributed by atoms with van der Waals surface area (Å²) in [5.74, 6) is -0.264. The number of para-hydroxylation sites is 1. The molecular weight excluding hydrogens is 270 g/mol. The summed E-state index contributed by atoms with van der Waals surface area (Å²) in [7, 11) is 1.58. The van der Waals surface area contributed by atoms with Crippen LogP contribution in [-0.4, -0.2) is 55.9 Å². The molecule has 1 aromatic rings. The summed E-state index contributed by atoms with van der Waals surface area (Å²) in [5.41, 5.74) is 0. The van der Waals surface area contributed by atoms with Crippen molar-refractivity contribution < 1.29 is 19.4 Å². The first-order valence-corrected chi connectivity index (χ1v) is 6.31. The number of carboxylic acids is 1. The first kappa shape index (κ1) is 15.8. The van der Waals surface area contributed by atoms with E-state index in [0.717, 1.165) is 0 Å². The Bertz CT molecular complexity index is 400. The van der Waals surface area contributed by atoms with Crippen molar-refractivity contribution in [1.29, 1.82) is 0 Å². The number of hydrogen-bond acceptors (Lipinski definition) is 4. The fourth-order valence-corrected chi connectivity index (χ4v) is 1.72. The van der Waals surface area contributed by atoms with Gasteiger partial charge in [-0.2, -0.15) is 0 Å². The summed E-state index contributed by atoms with van der Waals surface area (Å²) >= 11 is 5.95. The van der Waals surface area contributed by atoms with E-state index in [-0.39, 0.29) is 6.54 Å². The van der Waals surface area contributed by atoms with E-state index in [1.54, 1.807) is 24.1 Å². The van der Waals surface area contributed by atoms with Gasteiger partial charge in [0.1, 0.15) is 12.4 Å². The molecule has 6 heteroatoms. The molecule has 0 aliphatic heterocycles. The first-order valence-electron chi connectivity index (χ1n) is 5.94. The molecule has 1 N–H and O–H groups in total. The summed E-state index contributed by atoms with van der Waals surface area (Å²) in [4.78, 5) is 12.5. The van der Waals surface area contributed by atoms with Crippen molar-refractivity contribution in [2.24, 2.45) is 0 Å². The molecular formula is C13H18ClNO4. The Morgan fingerprint density at radius 2 is 2.00 bits per heavy atom. The van der Waals surface area contributed by atoms with Crippen LogP contribution < -0.4 is 4.74 Å². The SMILES string of the molecule is COCCN(CCOc1ccccc1Cl)CC(=O)O. The Morgan fingerprint density at radius 1 is 1.32 bits per heavy atom. The van der Waals surface area contributed by atoms with E-state index in [1.807, 2.05) is 12.1 Å². The van der Waals surface area contributed by atoms with E-state index in [2.05, 4.69) is 0 Å². The molecule has 0 aliphatic carbocycles. The highest BCUT2D eigenvalue weighted by Gasteiger charge is 2.09. The number of carboxylic acid groups (broad SMARTS) is 1. The monoisotopic (exact) mass is 287 g/mol. The number of aliphatic carboxylic acids is 1. The Kier molecular flexibility index (Phi) is 7.25. The minimum atomic E-state index is -0.867. The zero-order chi connectivity index (χ0) is 14.1. The highest BCUT2D eigenvalue weighted by atomic mass is 35.5. The molecule has 5 nitrogen and oxygen atoms in total. The second kappa shape index (κ2) is 8.74. The number of ether oxygens (including phenoxy) is 2. The maximum absolute atomic E-state index is 10.7. The lowest BCUT2D eigenvalue weighted by Crippen LogP contribution is -2.35. The summed E-state index contributed by atoms with van der Waals surface area (Å²) in [6, 6.07) is 7.18. The molecule has 0 amide bonds. The number of carbonyl (C=O) groups is 1. The van der Waals surface area contributed by atoms with Gasteiger partial charge in [0.25, 0.3) is 0 Å². The quantitative estimate of drug-likeness (QED) is 0.750. The van der Waals surface area contributed by atoms with Crippen LogP contribution in [0.25, 0.3) is 0 Å². The second-order valence-electron chi connectivity index (χ2n) is 3.94. The minimum absolute atomic E-state index is 0.0325. The lowest BCUT2D eigenvalue weighted by Gasteiger charge is -2.20. The molecule has 0 saturated carbocycles. The van der Waals surface area contributed by atoms with Crippen molar-refractivity contribution >= 4 is 17.6 Å². The van der Waals surface area contributed by atoms with Gasteiger partial charge in [-0.05, 0) is 12.1 Å². The average molecular weight is 288 g/mol. The van der Waals surface area contributed by atoms with Crippen molar-refractivity contribution in [3.05, 3.63) is 29.3 Å². The largest absolute Gasteiger partial charge is 0.491 e. The molecule has 106 valence electrons. The van der Waals surface area contributed by atoms with E-state index in [4.69, 9.17) is 26.2 Å². The van der Waals surface area contributed by atoms with Gasteiger partial charge < -0.3 is 14.6 Å². The topological polar surface area (TPSA) is 59.0 Å². The van der Waals surface area contributed by atoms with Crippen molar-refractivity contribution in [2.45, 2.75) is 0 Å². The maximum atomic E-state index is 10.7. The number of benzene rings is 1. The number of hydrogen-bond donors (Lipinski definition) is 1. The summed E-state index contributed by atoms with van der Waals surface area (Å²) in [6.45, 7) is 1.88. The van der Waals surface area contributed by atoms with Crippen LogP contribution in [-0.2, 0) is 9.53 Å². The molecule has 0 radical (unpaired) electrons. The van der Waals surface area contributed by atoms with Crippen LogP contribution in [0.1, 0.15) is 0 Å². The predicted octanol–water partition coefficient (Wildman–Crippen LogP) is 1.75. The van der Waals surface area contributed by atoms with Crippen LogP contribution in [0.15, 0.2) is 24.3 Å². The molecule has 1 rings (SSSR count). The van der Waals surface area contributed by atoms with Crippen molar-refractivity contribution in [3.8, 4) is 5.75 Å². The van der Waals surface area contributed by atoms with E-state index >= 15 is 0 Å². The fourth-order valence-electron chi connectivity index (χ4n) is 1.53. The van der Waals surface area contributed by atoms with Gasteiger partial charge in [0.2, 0.25) is 0 Å². The number of rotatable bonds is 9. The molecule has 0 atom stereocenters. The van der Waals surface area contributed by atoms with Crippen LogP contribution in [0.3, 0.4) is 0 Å². The molecule has 0 heterocycles. The zero-order valence-corrected chi connectivity index (χ0v) is 11.6. The summed E-state index contributed by atoms with van der Waals surface area (Å²) in [5, 5.41) is 9.34. The third-order valence-corrected chi connectivity index (χ3v) is 2.78. The predicted molar refractivity (Wildman–Crippen MR) is 72.9 cm³/mol. The molecule has 1 aromatic carbocycles. The number of nitrogens with zero attached hydrogens (tertiary/aromatic N) is 1. The van der Waals surface area contributed by atoms with Crippen LogP contribution in [0.4, 0.5) is 0 Å². The van der Waals surface area contributed by atoms with Gasteiger partial charge in [0.05, 0.1) is 18.2 Å². The second-order valence-corrected chi connectivity index (χ2v) is 4.35. The third kappa shape index (κ3) is 6.42. The lowest BCUT2D eigenvalue weighted by molar-refractivity contribution is -0.138. The van der Waals surface area contributed by atoms with E-state index in [1.165, 1.54) is 0 Å². The maximum Gasteiger partial charge on any atom is 0.317 e. The smallest absolute Gasteiger partial charge is 0.317 e. The van der Waals surface area contributed by atoms with Gasteiger partial charge in [-0.25, -0.2) is 0 Å². The first-order chi connectivity index (χ1) is 9.13. The van der Waals surface area contributed by atoms with Gasteiger partial charge in [0.15, 0.2) is 0 Å². The number of methoxy groups -OCH3 is 1. The Balaban J connectivity index is 2.38. The van der Waals surface area contributed by atoms with Crippen molar-refractivity contribution in [1.82, 2.24) is 4.90 Å². The van der Waals surface area contributed by atoms with Crippen molar-refractivity contribution in [3.63, 3.8) is 0 Å². The number of halogens is 1. The van der Waals surface area contributed by atoms with Crippen LogP contribution in [0, 0.1) is 0 Å². The normalized spacial score (nSPS) is 10.7. The summed E-state index contributed by atoms with van der Waals surface area (Å²) in [6.07, 6.45) is 0. The molecule has 19 heavy (non-hydrogen) atoms. The molecule has 0 aliphatic rings. The lowest BCUT2D eigenvalue weighted by atomic mass is 10.3. The standard InChI is InChI=1S/C13H18ClNO4/c1-18-8-6-15(10-13(16)17)7-9-19-12-5-3-2-4-11(12)14/h2-5H,6-10H2,1H3,(H,16,17). The fraction of sp³-hybridized carbons (Fsp3) is 0.462. The van der Waals surface area contributed by atoms with E-state index < -0.39 is 5.97 Å². The Hall–Kier alpha value is -1.30. The van der Waals surface area contributed by atoms with Crippen LogP contribution in [0.2, 0.25) is 5.02 Å². The highest BCUT2D eigenvalue weighted by molar-refractivity contribution is 6.32. The minimum Gasteiger partial charge on any atom is -0.491 e. The molecule has 0 aromatic heterocycles. The molecule has 0 spiro atoms. The third-order valence-electron chi connectivity index (χ3n) is 2.47. The van der Waals surface area contributed by atoms with Gasteiger partial charge >= 0.3 is 5.97 Å². The van der Waals surface area contributed by atoms with E-state index in [0.29, 0.717) is 37.1 Å². The van der Waals surface area contributed by atoms with Gasteiger partial charge in [-0.1, -0.05) is 23.7 Å². The molecule has 0 bridgehead atoms. The Morgan fingerprint density at radius 3 is 2.63 bits per heavy atom. The molecule has 0 fully saturated rings. The average Bonchev–Trinajstić information content (AvgIpc) is 2.37. The summed E-state index contributed by atoms with van der Waals surface area (Å²) < 4.78 is 10.5. The van der Waals surface area contributed by atoms with Crippen molar-refractivity contribution in [2.75, 3.05) is 40.0 Å². The highest BCUT2D eigenvalue weighted by Crippen LogP contribution is 2.22. The van der Waals surface area contributed by atoms with Gasteiger partial charge in [0, 0.05) is 20.2 Å². The Labute approximate surface area is 117 Å².